The van der Waals surface area contributed by atoms with Gasteiger partial charge in [0.1, 0.15) is 0 Å². The first-order valence-electron chi connectivity index (χ1n) is 5.74. The standard InChI is InChI=1S/C10H18N4O3S/c1-2-6-14-7-5-13-9(10(14)15)12-4-3-8-18(11,16)17/h5,7H,2-4,6,8H2,1H3,(H,12,13)(H2,11,16,17). The molecule has 3 N–H and O–H groups in total. The first kappa shape index (κ1) is 14.7. The van der Waals surface area contributed by atoms with Gasteiger partial charge in [0.05, 0.1) is 5.75 Å². The van der Waals surface area contributed by atoms with Crippen molar-refractivity contribution in [3.05, 3.63) is 22.7 Å². The number of sulfonamides is 1. The number of hydrogen-bond donors (Lipinski definition) is 2. The summed E-state index contributed by atoms with van der Waals surface area (Å²) >= 11 is 0. The van der Waals surface area contributed by atoms with E-state index in [1.54, 1.807) is 17.0 Å². The molecule has 0 atom stereocenters. The minimum Gasteiger partial charge on any atom is -0.365 e. The van der Waals surface area contributed by atoms with E-state index in [-0.39, 0.29) is 17.1 Å². The van der Waals surface area contributed by atoms with Crippen LogP contribution < -0.4 is 16.0 Å². The SMILES string of the molecule is CCCn1ccnc(NCCCS(N)(=O)=O)c1=O. The zero-order valence-electron chi connectivity index (χ0n) is 10.3. The first-order valence-corrected chi connectivity index (χ1v) is 7.45. The zero-order valence-corrected chi connectivity index (χ0v) is 11.1. The van der Waals surface area contributed by atoms with Crippen LogP contribution in [-0.4, -0.2) is 30.3 Å². The summed E-state index contributed by atoms with van der Waals surface area (Å²) in [6.07, 6.45) is 4.36. The number of aromatic nitrogens is 2. The van der Waals surface area contributed by atoms with E-state index < -0.39 is 10.0 Å². The Morgan fingerprint density at radius 3 is 2.83 bits per heavy atom. The minimum absolute atomic E-state index is 0.115. The lowest BCUT2D eigenvalue weighted by atomic mass is 10.4. The van der Waals surface area contributed by atoms with Crippen LogP contribution in [0.5, 0.6) is 0 Å². The van der Waals surface area contributed by atoms with E-state index in [2.05, 4.69) is 10.3 Å². The maximum Gasteiger partial charge on any atom is 0.293 e. The van der Waals surface area contributed by atoms with E-state index >= 15 is 0 Å². The lowest BCUT2D eigenvalue weighted by Crippen LogP contribution is -2.25. The molecule has 1 rings (SSSR count). The highest BCUT2D eigenvalue weighted by Gasteiger charge is 2.05. The van der Waals surface area contributed by atoms with E-state index in [4.69, 9.17) is 5.14 Å². The van der Waals surface area contributed by atoms with Crippen LogP contribution in [0, 0.1) is 0 Å². The first-order chi connectivity index (χ1) is 8.44. The number of primary sulfonamides is 1. The number of anilines is 1. The highest BCUT2D eigenvalue weighted by Crippen LogP contribution is 1.95. The number of nitrogens with two attached hydrogens (primary N) is 1. The number of nitrogens with zero attached hydrogens (tertiary/aromatic N) is 2. The number of aryl methyl sites for hydroxylation is 1. The molecule has 0 amide bonds. The lowest BCUT2D eigenvalue weighted by molar-refractivity contribution is 0.595. The molecule has 8 heteroatoms. The molecule has 0 aliphatic carbocycles. The van der Waals surface area contributed by atoms with Crippen LogP contribution in [0.15, 0.2) is 17.2 Å². The van der Waals surface area contributed by atoms with Crippen LogP contribution in [0.1, 0.15) is 19.8 Å². The summed E-state index contributed by atoms with van der Waals surface area (Å²) in [5.41, 5.74) is -0.199. The maximum absolute atomic E-state index is 11.8. The molecule has 0 radical (unpaired) electrons. The van der Waals surface area contributed by atoms with Gasteiger partial charge < -0.3 is 9.88 Å². The Bertz CT molecular complexity index is 538. The Balaban J connectivity index is 2.58. The Labute approximate surface area is 106 Å². The van der Waals surface area contributed by atoms with Gasteiger partial charge in [0.2, 0.25) is 10.0 Å². The summed E-state index contributed by atoms with van der Waals surface area (Å²) in [5.74, 6) is 0.121. The van der Waals surface area contributed by atoms with Crippen molar-refractivity contribution in [2.24, 2.45) is 5.14 Å². The Morgan fingerprint density at radius 1 is 1.50 bits per heavy atom. The summed E-state index contributed by atoms with van der Waals surface area (Å²) in [7, 11) is -3.45. The van der Waals surface area contributed by atoms with Crippen molar-refractivity contribution in [3.63, 3.8) is 0 Å². The number of hydrogen-bond acceptors (Lipinski definition) is 5. The Hall–Kier alpha value is -1.41. The van der Waals surface area contributed by atoms with Gasteiger partial charge in [-0.1, -0.05) is 6.92 Å². The Kier molecular flexibility index (Phi) is 5.29. The smallest absolute Gasteiger partial charge is 0.293 e. The van der Waals surface area contributed by atoms with E-state index in [1.165, 1.54) is 0 Å². The summed E-state index contributed by atoms with van der Waals surface area (Å²) in [5, 5.41) is 7.69. The molecule has 0 saturated carbocycles. The van der Waals surface area contributed by atoms with E-state index in [9.17, 15) is 13.2 Å². The van der Waals surface area contributed by atoms with Crippen LogP contribution in [-0.2, 0) is 16.6 Å². The van der Waals surface area contributed by atoms with Crippen LogP contribution in [0.4, 0.5) is 5.82 Å². The predicted molar refractivity (Wildman–Crippen MR) is 69.9 cm³/mol. The molecule has 7 nitrogen and oxygen atoms in total. The van der Waals surface area contributed by atoms with Gasteiger partial charge in [-0.3, -0.25) is 4.79 Å². The average molecular weight is 274 g/mol. The van der Waals surface area contributed by atoms with Gasteiger partial charge in [0.25, 0.3) is 5.56 Å². The van der Waals surface area contributed by atoms with E-state index in [0.29, 0.717) is 19.5 Å². The molecule has 0 fully saturated rings. The van der Waals surface area contributed by atoms with Crippen LogP contribution >= 0.6 is 0 Å². The van der Waals surface area contributed by atoms with Crippen molar-refractivity contribution >= 4 is 15.8 Å². The van der Waals surface area contributed by atoms with Gasteiger partial charge >= 0.3 is 0 Å². The molecule has 1 heterocycles. The van der Waals surface area contributed by atoms with Gasteiger partial charge in [-0.15, -0.1) is 0 Å². The van der Waals surface area contributed by atoms with Crippen molar-refractivity contribution in [1.29, 1.82) is 0 Å². The van der Waals surface area contributed by atoms with Gasteiger partial charge in [0.15, 0.2) is 5.82 Å². The van der Waals surface area contributed by atoms with Crippen molar-refractivity contribution in [2.75, 3.05) is 17.6 Å². The van der Waals surface area contributed by atoms with Crippen LogP contribution in [0.2, 0.25) is 0 Å². The third-order valence-corrected chi connectivity index (χ3v) is 3.13. The second-order valence-corrected chi connectivity index (χ2v) is 5.66. The number of nitrogens with one attached hydrogen (secondary N) is 1. The second kappa shape index (κ2) is 6.50. The minimum atomic E-state index is -3.45. The third-order valence-electron chi connectivity index (χ3n) is 2.28. The second-order valence-electron chi connectivity index (χ2n) is 3.92. The molecule has 0 aliphatic rings. The summed E-state index contributed by atoms with van der Waals surface area (Å²) in [6.45, 7) is 2.95. The topological polar surface area (TPSA) is 107 Å². The van der Waals surface area contributed by atoms with Crippen molar-refractivity contribution < 1.29 is 8.42 Å². The fourth-order valence-corrected chi connectivity index (χ4v) is 2.01. The van der Waals surface area contributed by atoms with Gasteiger partial charge in [-0.2, -0.15) is 0 Å². The largest absolute Gasteiger partial charge is 0.365 e. The van der Waals surface area contributed by atoms with Crippen LogP contribution in [0.25, 0.3) is 0 Å². The molecule has 0 saturated heterocycles. The van der Waals surface area contributed by atoms with Crippen molar-refractivity contribution in [1.82, 2.24) is 9.55 Å². The molecule has 0 unspecified atom stereocenters. The molecule has 0 aromatic carbocycles. The highest BCUT2D eigenvalue weighted by atomic mass is 32.2. The maximum atomic E-state index is 11.8. The predicted octanol–water partition coefficient (Wildman–Crippen LogP) is -0.256. The summed E-state index contributed by atoms with van der Waals surface area (Å²) in [4.78, 5) is 15.8. The molecule has 0 aliphatic heterocycles. The molecule has 0 bridgehead atoms. The quantitative estimate of drug-likeness (QED) is 0.666. The highest BCUT2D eigenvalue weighted by molar-refractivity contribution is 7.89. The van der Waals surface area contributed by atoms with Crippen molar-refractivity contribution in [2.45, 2.75) is 26.3 Å². The van der Waals surface area contributed by atoms with E-state index in [1.807, 2.05) is 6.92 Å². The molecule has 0 spiro atoms. The van der Waals surface area contributed by atoms with Gasteiger partial charge in [0, 0.05) is 25.5 Å². The van der Waals surface area contributed by atoms with E-state index in [0.717, 1.165) is 6.42 Å². The van der Waals surface area contributed by atoms with Crippen molar-refractivity contribution in [3.8, 4) is 0 Å². The average Bonchev–Trinajstić information content (AvgIpc) is 2.28. The normalized spacial score (nSPS) is 11.4. The molecule has 1 aromatic rings. The monoisotopic (exact) mass is 274 g/mol. The van der Waals surface area contributed by atoms with Crippen LogP contribution in [0.3, 0.4) is 0 Å². The summed E-state index contributed by atoms with van der Waals surface area (Å²) in [6, 6.07) is 0. The fraction of sp³-hybridized carbons (Fsp3) is 0.600. The van der Waals surface area contributed by atoms with Gasteiger partial charge in [-0.05, 0) is 12.8 Å². The number of rotatable bonds is 7. The lowest BCUT2D eigenvalue weighted by Gasteiger charge is -2.07. The van der Waals surface area contributed by atoms with Gasteiger partial charge in [-0.25, -0.2) is 18.5 Å². The zero-order chi connectivity index (χ0) is 13.6. The fourth-order valence-electron chi connectivity index (χ4n) is 1.47. The molecule has 18 heavy (non-hydrogen) atoms. The molecule has 1 aromatic heterocycles. The Morgan fingerprint density at radius 2 is 2.22 bits per heavy atom. The third kappa shape index (κ3) is 4.84. The summed E-state index contributed by atoms with van der Waals surface area (Å²) < 4.78 is 23.0. The molecular formula is C10H18N4O3S. The molecular weight excluding hydrogens is 256 g/mol. The molecule has 102 valence electrons.